The number of aliphatic carboxylic acids is 1. The number of hydrogen-bond donors (Lipinski definition) is 2. The molecule has 0 aromatic heterocycles. The van der Waals surface area contributed by atoms with Crippen molar-refractivity contribution in [2.45, 2.75) is 38.6 Å². The summed E-state index contributed by atoms with van der Waals surface area (Å²) >= 11 is 0. The van der Waals surface area contributed by atoms with Crippen LogP contribution in [0.1, 0.15) is 38.7 Å². The summed E-state index contributed by atoms with van der Waals surface area (Å²) in [6.07, 6.45) is 2.93. The average Bonchev–Trinajstić information content (AvgIpc) is 2.47. The van der Waals surface area contributed by atoms with Crippen LogP contribution in [0.3, 0.4) is 0 Å². The zero-order valence-corrected chi connectivity index (χ0v) is 12.9. The van der Waals surface area contributed by atoms with Crippen molar-refractivity contribution < 1.29 is 23.8 Å². The van der Waals surface area contributed by atoms with Gasteiger partial charge in [-0.15, -0.1) is 0 Å². The van der Waals surface area contributed by atoms with E-state index in [2.05, 4.69) is 12.2 Å². The maximum atomic E-state index is 13.0. The van der Waals surface area contributed by atoms with Crippen molar-refractivity contribution in [1.82, 2.24) is 5.32 Å². The molecule has 6 heteroatoms. The lowest BCUT2D eigenvalue weighted by Crippen LogP contribution is -2.50. The third-order valence-electron chi connectivity index (χ3n) is 3.36. The summed E-state index contributed by atoms with van der Waals surface area (Å²) in [6, 6.07) is 4.99. The minimum Gasteiger partial charge on any atom is -0.479 e. The van der Waals surface area contributed by atoms with Crippen molar-refractivity contribution in [3.8, 4) is 0 Å². The first-order valence-electron chi connectivity index (χ1n) is 7.28. The second-order valence-electron chi connectivity index (χ2n) is 5.24. The zero-order chi connectivity index (χ0) is 16.6. The molecular weight excluding hydrogens is 289 g/mol. The van der Waals surface area contributed by atoms with Crippen molar-refractivity contribution in [2.24, 2.45) is 0 Å². The molecular formula is C16H22FNO4. The average molecular weight is 311 g/mol. The highest BCUT2D eigenvalue weighted by molar-refractivity contribution is 5.88. The number of hydrogen-bond acceptors (Lipinski definition) is 3. The molecule has 0 aliphatic carbocycles. The van der Waals surface area contributed by atoms with Crippen LogP contribution in [0.25, 0.3) is 0 Å². The molecule has 5 nitrogen and oxygen atoms in total. The standard InChI is InChI=1S/C16H22FNO4/c1-3-4-5-10-22-11-14(19)18-16(2,15(20)21)12-6-8-13(17)9-7-12/h6-9H,3-5,10-11H2,1-2H3,(H,18,19)(H,20,21). The van der Waals surface area contributed by atoms with Gasteiger partial charge in [-0.2, -0.15) is 0 Å². The van der Waals surface area contributed by atoms with Crippen LogP contribution in [0.4, 0.5) is 4.39 Å². The highest BCUT2D eigenvalue weighted by atomic mass is 19.1. The Hall–Kier alpha value is -1.95. The van der Waals surface area contributed by atoms with E-state index in [0.717, 1.165) is 31.4 Å². The molecule has 0 fully saturated rings. The summed E-state index contributed by atoms with van der Waals surface area (Å²) in [4.78, 5) is 23.4. The number of carbonyl (C=O) groups excluding carboxylic acids is 1. The van der Waals surface area contributed by atoms with E-state index in [1.165, 1.54) is 19.1 Å². The Balaban J connectivity index is 2.65. The van der Waals surface area contributed by atoms with E-state index in [4.69, 9.17) is 4.74 Å². The van der Waals surface area contributed by atoms with E-state index >= 15 is 0 Å². The molecule has 0 radical (unpaired) electrons. The van der Waals surface area contributed by atoms with Gasteiger partial charge < -0.3 is 15.2 Å². The highest BCUT2D eigenvalue weighted by Crippen LogP contribution is 2.21. The predicted molar refractivity (Wildman–Crippen MR) is 79.9 cm³/mol. The molecule has 0 spiro atoms. The normalized spacial score (nSPS) is 13.4. The van der Waals surface area contributed by atoms with Gasteiger partial charge in [-0.25, -0.2) is 9.18 Å². The number of carboxylic acids is 1. The van der Waals surface area contributed by atoms with Crippen LogP contribution in [0.15, 0.2) is 24.3 Å². The van der Waals surface area contributed by atoms with Crippen molar-refractivity contribution in [2.75, 3.05) is 13.2 Å². The molecule has 1 atom stereocenters. The van der Waals surface area contributed by atoms with Gasteiger partial charge in [0, 0.05) is 6.61 Å². The Labute approximate surface area is 129 Å². The lowest BCUT2D eigenvalue weighted by Gasteiger charge is -2.26. The summed E-state index contributed by atoms with van der Waals surface area (Å²) < 4.78 is 18.2. The van der Waals surface area contributed by atoms with E-state index in [1.54, 1.807) is 0 Å². The minimum absolute atomic E-state index is 0.201. The first kappa shape index (κ1) is 18.1. The molecule has 0 bridgehead atoms. The van der Waals surface area contributed by atoms with Crippen LogP contribution < -0.4 is 5.32 Å². The zero-order valence-electron chi connectivity index (χ0n) is 12.9. The van der Waals surface area contributed by atoms with Gasteiger partial charge in [-0.1, -0.05) is 31.9 Å². The molecule has 1 amide bonds. The maximum Gasteiger partial charge on any atom is 0.333 e. The van der Waals surface area contributed by atoms with E-state index in [-0.39, 0.29) is 6.61 Å². The number of halogens is 1. The molecule has 1 rings (SSSR count). The number of amides is 1. The largest absolute Gasteiger partial charge is 0.479 e. The Morgan fingerprint density at radius 2 is 1.91 bits per heavy atom. The number of nitrogens with one attached hydrogen (secondary N) is 1. The van der Waals surface area contributed by atoms with E-state index < -0.39 is 23.2 Å². The number of carbonyl (C=O) groups is 2. The fourth-order valence-electron chi connectivity index (χ4n) is 1.97. The van der Waals surface area contributed by atoms with Gasteiger partial charge in [0.2, 0.25) is 5.91 Å². The van der Waals surface area contributed by atoms with Crippen LogP contribution in [0, 0.1) is 5.82 Å². The maximum absolute atomic E-state index is 13.0. The van der Waals surface area contributed by atoms with Crippen LogP contribution >= 0.6 is 0 Å². The second kappa shape index (κ2) is 8.48. The van der Waals surface area contributed by atoms with E-state index in [0.29, 0.717) is 12.2 Å². The second-order valence-corrected chi connectivity index (χ2v) is 5.24. The van der Waals surface area contributed by atoms with Gasteiger partial charge in [0.1, 0.15) is 12.4 Å². The molecule has 22 heavy (non-hydrogen) atoms. The SMILES string of the molecule is CCCCCOCC(=O)NC(C)(C(=O)O)c1ccc(F)cc1. The van der Waals surface area contributed by atoms with Crippen LogP contribution in [-0.2, 0) is 19.9 Å². The number of ether oxygens (including phenoxy) is 1. The molecule has 122 valence electrons. The fraction of sp³-hybridized carbons (Fsp3) is 0.500. The van der Waals surface area contributed by atoms with Gasteiger partial charge in [-0.05, 0) is 31.0 Å². The monoisotopic (exact) mass is 311 g/mol. The quantitative estimate of drug-likeness (QED) is 0.687. The molecule has 1 unspecified atom stereocenters. The Morgan fingerprint density at radius 1 is 1.27 bits per heavy atom. The topological polar surface area (TPSA) is 75.6 Å². The lowest BCUT2D eigenvalue weighted by atomic mass is 9.92. The summed E-state index contributed by atoms with van der Waals surface area (Å²) in [7, 11) is 0. The molecule has 0 aliphatic heterocycles. The van der Waals surface area contributed by atoms with Gasteiger partial charge in [0.15, 0.2) is 5.54 Å². The summed E-state index contributed by atoms with van der Waals surface area (Å²) in [5, 5.41) is 11.8. The van der Waals surface area contributed by atoms with Crippen molar-refractivity contribution in [1.29, 1.82) is 0 Å². The van der Waals surface area contributed by atoms with Crippen molar-refractivity contribution in [3.05, 3.63) is 35.6 Å². The third kappa shape index (κ3) is 5.11. The molecule has 1 aromatic carbocycles. The number of rotatable bonds is 9. The molecule has 0 saturated heterocycles. The first-order valence-corrected chi connectivity index (χ1v) is 7.28. The predicted octanol–water partition coefficient (Wildman–Crippen LogP) is 2.45. The van der Waals surface area contributed by atoms with Crippen LogP contribution in [-0.4, -0.2) is 30.2 Å². The van der Waals surface area contributed by atoms with Crippen molar-refractivity contribution >= 4 is 11.9 Å². The summed E-state index contributed by atoms with van der Waals surface area (Å²) in [6.45, 7) is 3.68. The molecule has 1 aromatic rings. The lowest BCUT2D eigenvalue weighted by molar-refractivity contribution is -0.148. The smallest absolute Gasteiger partial charge is 0.333 e. The molecule has 0 heterocycles. The highest BCUT2D eigenvalue weighted by Gasteiger charge is 2.36. The third-order valence-corrected chi connectivity index (χ3v) is 3.36. The van der Waals surface area contributed by atoms with Gasteiger partial charge in [-0.3, -0.25) is 4.79 Å². The van der Waals surface area contributed by atoms with E-state index in [9.17, 15) is 19.1 Å². The van der Waals surface area contributed by atoms with E-state index in [1.807, 2.05) is 0 Å². The minimum atomic E-state index is -1.63. The number of carboxylic acid groups (broad SMARTS) is 1. The van der Waals surface area contributed by atoms with Crippen molar-refractivity contribution in [3.63, 3.8) is 0 Å². The Kier molecular flexibility index (Phi) is 6.98. The first-order chi connectivity index (χ1) is 10.4. The number of unbranched alkanes of at least 4 members (excludes halogenated alkanes) is 2. The van der Waals surface area contributed by atoms with Gasteiger partial charge in [0.05, 0.1) is 0 Å². The Morgan fingerprint density at radius 3 is 2.45 bits per heavy atom. The van der Waals surface area contributed by atoms with Gasteiger partial charge in [0.25, 0.3) is 0 Å². The van der Waals surface area contributed by atoms with Crippen LogP contribution in [0.5, 0.6) is 0 Å². The molecule has 2 N–H and O–H groups in total. The number of benzene rings is 1. The summed E-state index contributed by atoms with van der Waals surface area (Å²) in [5.74, 6) is -2.22. The van der Waals surface area contributed by atoms with Crippen LogP contribution in [0.2, 0.25) is 0 Å². The molecule has 0 aliphatic rings. The van der Waals surface area contributed by atoms with Gasteiger partial charge >= 0.3 is 5.97 Å². The summed E-state index contributed by atoms with van der Waals surface area (Å²) in [5.41, 5.74) is -1.34. The fourth-order valence-corrected chi connectivity index (χ4v) is 1.97. The molecule has 0 saturated carbocycles. The Bertz CT molecular complexity index is 503.